The van der Waals surface area contributed by atoms with Crippen LogP contribution in [-0.4, -0.2) is 16.0 Å². The monoisotopic (exact) mass is 354 g/mol. The average Bonchev–Trinajstić information content (AvgIpc) is 3.08. The van der Waals surface area contributed by atoms with E-state index in [2.05, 4.69) is 40.5 Å². The number of benzene rings is 2. The molecule has 5 heteroatoms. The Labute approximate surface area is 152 Å². The van der Waals surface area contributed by atoms with Crippen LogP contribution in [0.5, 0.6) is 5.75 Å². The fourth-order valence-corrected chi connectivity index (χ4v) is 3.15. The molecule has 0 spiro atoms. The van der Waals surface area contributed by atoms with Crippen molar-refractivity contribution in [3.8, 4) is 5.75 Å². The van der Waals surface area contributed by atoms with Gasteiger partial charge in [0.2, 0.25) is 0 Å². The molecule has 0 amide bonds. The quantitative estimate of drug-likeness (QED) is 0.421. The van der Waals surface area contributed by atoms with E-state index >= 15 is 0 Å². The Kier molecular flexibility index (Phi) is 6.12. The molecule has 1 aromatic heterocycles. The van der Waals surface area contributed by atoms with Crippen LogP contribution < -0.4 is 4.74 Å². The fraction of sp³-hybridized carbons (Fsp3) is 0.300. The number of nitrogens with zero attached hydrogens (tertiary/aromatic N) is 2. The Hall–Kier alpha value is -2.27. The predicted octanol–water partition coefficient (Wildman–Crippen LogP) is 4.99. The zero-order chi connectivity index (χ0) is 17.5. The normalized spacial score (nSPS) is 10.8. The third-order valence-electron chi connectivity index (χ3n) is 3.82. The lowest BCUT2D eigenvalue weighted by Crippen LogP contribution is -1.97. The van der Waals surface area contributed by atoms with Crippen molar-refractivity contribution in [1.82, 2.24) is 10.2 Å². The number of aromatic nitrogens is 2. The number of thioether (sulfide) groups is 1. The van der Waals surface area contributed by atoms with E-state index in [0.717, 1.165) is 29.9 Å². The summed E-state index contributed by atoms with van der Waals surface area (Å²) in [4.78, 5) is 0. The SMILES string of the molecule is Cc1ccc(C)c(OCc2nnc(SCCCc3ccccc3)o2)c1. The molecule has 25 heavy (non-hydrogen) atoms. The minimum atomic E-state index is 0.294. The average molecular weight is 354 g/mol. The van der Waals surface area contributed by atoms with E-state index in [9.17, 15) is 0 Å². The molecule has 0 N–H and O–H groups in total. The topological polar surface area (TPSA) is 48.2 Å². The zero-order valence-electron chi connectivity index (χ0n) is 14.6. The van der Waals surface area contributed by atoms with Gasteiger partial charge in [-0.05, 0) is 49.4 Å². The first-order valence-electron chi connectivity index (χ1n) is 8.40. The van der Waals surface area contributed by atoms with Gasteiger partial charge in [0.25, 0.3) is 11.1 Å². The molecule has 0 aliphatic heterocycles. The van der Waals surface area contributed by atoms with Crippen LogP contribution in [0, 0.1) is 13.8 Å². The minimum Gasteiger partial charge on any atom is -0.484 e. The predicted molar refractivity (Wildman–Crippen MR) is 100 cm³/mol. The van der Waals surface area contributed by atoms with Crippen molar-refractivity contribution in [2.24, 2.45) is 0 Å². The molecule has 130 valence electrons. The van der Waals surface area contributed by atoms with Gasteiger partial charge in [0.1, 0.15) is 5.75 Å². The van der Waals surface area contributed by atoms with Crippen molar-refractivity contribution in [2.75, 3.05) is 5.75 Å². The summed E-state index contributed by atoms with van der Waals surface area (Å²) in [7, 11) is 0. The summed E-state index contributed by atoms with van der Waals surface area (Å²) < 4.78 is 11.4. The molecule has 0 unspecified atom stereocenters. The standard InChI is InChI=1S/C20H22N2O2S/c1-15-10-11-16(2)18(13-15)23-14-19-21-22-20(24-19)25-12-6-9-17-7-4-3-5-8-17/h3-5,7-8,10-11,13H,6,9,12,14H2,1-2H3. The Bertz CT molecular complexity index is 802. The Morgan fingerprint density at radius 1 is 1.04 bits per heavy atom. The molecule has 3 rings (SSSR count). The van der Waals surface area contributed by atoms with Crippen LogP contribution in [0.25, 0.3) is 0 Å². The zero-order valence-corrected chi connectivity index (χ0v) is 15.4. The molecule has 0 fully saturated rings. The van der Waals surface area contributed by atoms with Crippen molar-refractivity contribution in [1.29, 1.82) is 0 Å². The lowest BCUT2D eigenvalue weighted by molar-refractivity contribution is 0.250. The second-order valence-electron chi connectivity index (χ2n) is 5.96. The maximum atomic E-state index is 5.79. The molecular formula is C20H22N2O2S. The number of hydrogen-bond donors (Lipinski definition) is 0. The van der Waals surface area contributed by atoms with Gasteiger partial charge in [-0.1, -0.05) is 54.2 Å². The number of hydrogen-bond acceptors (Lipinski definition) is 5. The highest BCUT2D eigenvalue weighted by molar-refractivity contribution is 7.99. The smallest absolute Gasteiger partial charge is 0.276 e. The maximum absolute atomic E-state index is 5.79. The Morgan fingerprint density at radius 3 is 2.72 bits per heavy atom. The van der Waals surface area contributed by atoms with E-state index in [1.807, 2.05) is 32.0 Å². The number of aryl methyl sites for hydroxylation is 3. The third kappa shape index (κ3) is 5.36. The highest BCUT2D eigenvalue weighted by Gasteiger charge is 2.08. The fourth-order valence-electron chi connectivity index (χ4n) is 2.44. The summed E-state index contributed by atoms with van der Waals surface area (Å²) in [5, 5.41) is 8.74. The number of ether oxygens (including phenoxy) is 1. The molecular weight excluding hydrogens is 332 g/mol. The van der Waals surface area contributed by atoms with Gasteiger partial charge < -0.3 is 9.15 Å². The highest BCUT2D eigenvalue weighted by atomic mass is 32.2. The second-order valence-corrected chi connectivity index (χ2v) is 7.00. The van der Waals surface area contributed by atoms with Crippen molar-refractivity contribution in [3.63, 3.8) is 0 Å². The summed E-state index contributed by atoms with van der Waals surface area (Å²) in [6.07, 6.45) is 2.13. The van der Waals surface area contributed by atoms with Gasteiger partial charge in [-0.25, -0.2) is 0 Å². The molecule has 0 saturated carbocycles. The van der Waals surface area contributed by atoms with E-state index in [0.29, 0.717) is 17.7 Å². The van der Waals surface area contributed by atoms with E-state index in [-0.39, 0.29) is 0 Å². The molecule has 4 nitrogen and oxygen atoms in total. The van der Waals surface area contributed by atoms with Crippen molar-refractivity contribution in [3.05, 3.63) is 71.1 Å². The highest BCUT2D eigenvalue weighted by Crippen LogP contribution is 2.22. The summed E-state index contributed by atoms with van der Waals surface area (Å²) >= 11 is 1.59. The molecule has 3 aromatic rings. The second kappa shape index (κ2) is 8.72. The van der Waals surface area contributed by atoms with Crippen LogP contribution in [0.1, 0.15) is 29.0 Å². The first-order valence-corrected chi connectivity index (χ1v) is 9.38. The first kappa shape index (κ1) is 17.5. The largest absolute Gasteiger partial charge is 0.484 e. The molecule has 2 aromatic carbocycles. The molecule has 0 saturated heterocycles. The van der Waals surface area contributed by atoms with E-state index < -0.39 is 0 Å². The third-order valence-corrected chi connectivity index (χ3v) is 4.73. The van der Waals surface area contributed by atoms with Gasteiger partial charge in [-0.2, -0.15) is 0 Å². The molecule has 0 bridgehead atoms. The molecule has 0 aliphatic carbocycles. The van der Waals surface area contributed by atoms with Gasteiger partial charge in [0.05, 0.1) is 0 Å². The van der Waals surface area contributed by atoms with E-state index in [4.69, 9.17) is 9.15 Å². The first-order chi connectivity index (χ1) is 12.2. The summed E-state index contributed by atoms with van der Waals surface area (Å²) in [5.74, 6) is 2.32. The lowest BCUT2D eigenvalue weighted by atomic mass is 10.1. The Balaban J connectivity index is 1.43. The van der Waals surface area contributed by atoms with Gasteiger partial charge in [-0.15, -0.1) is 10.2 Å². The molecule has 0 radical (unpaired) electrons. The summed E-state index contributed by atoms with van der Waals surface area (Å²) in [6, 6.07) is 16.6. The van der Waals surface area contributed by atoms with Gasteiger partial charge in [0.15, 0.2) is 6.61 Å². The summed E-state index contributed by atoms with van der Waals surface area (Å²) in [5.41, 5.74) is 3.62. The van der Waals surface area contributed by atoms with Crippen LogP contribution >= 0.6 is 11.8 Å². The van der Waals surface area contributed by atoms with Crippen LogP contribution in [0.4, 0.5) is 0 Å². The minimum absolute atomic E-state index is 0.294. The molecule has 0 aliphatic rings. The van der Waals surface area contributed by atoms with Crippen molar-refractivity contribution < 1.29 is 9.15 Å². The van der Waals surface area contributed by atoms with Gasteiger partial charge >= 0.3 is 0 Å². The maximum Gasteiger partial charge on any atom is 0.276 e. The molecule has 0 atom stereocenters. The van der Waals surface area contributed by atoms with Crippen LogP contribution in [0.15, 0.2) is 58.2 Å². The summed E-state index contributed by atoms with van der Waals surface area (Å²) in [6.45, 7) is 4.36. The van der Waals surface area contributed by atoms with Crippen molar-refractivity contribution >= 4 is 11.8 Å². The van der Waals surface area contributed by atoms with E-state index in [1.54, 1.807) is 11.8 Å². The van der Waals surface area contributed by atoms with Crippen molar-refractivity contribution in [2.45, 2.75) is 38.5 Å². The molecule has 1 heterocycles. The van der Waals surface area contributed by atoms with Gasteiger partial charge in [-0.3, -0.25) is 0 Å². The van der Waals surface area contributed by atoms with Gasteiger partial charge in [0, 0.05) is 5.75 Å². The van der Waals surface area contributed by atoms with Crippen LogP contribution in [0.2, 0.25) is 0 Å². The Morgan fingerprint density at radius 2 is 1.88 bits per heavy atom. The lowest BCUT2D eigenvalue weighted by Gasteiger charge is -2.07. The van der Waals surface area contributed by atoms with Crippen LogP contribution in [-0.2, 0) is 13.0 Å². The van der Waals surface area contributed by atoms with E-state index in [1.165, 1.54) is 11.1 Å². The van der Waals surface area contributed by atoms with Crippen LogP contribution in [0.3, 0.4) is 0 Å². The number of rotatable bonds is 8.